The molecule has 1 atom stereocenters. The molecule has 2 nitrogen and oxygen atoms in total. The summed E-state index contributed by atoms with van der Waals surface area (Å²) in [6, 6.07) is 26.2. The van der Waals surface area contributed by atoms with Crippen molar-refractivity contribution >= 4 is 29.9 Å². The van der Waals surface area contributed by atoms with Crippen LogP contribution in [0.25, 0.3) is 11.1 Å². The Labute approximate surface area is 164 Å². The second-order valence-corrected chi connectivity index (χ2v) is 10.6. The van der Waals surface area contributed by atoms with Crippen molar-refractivity contribution in [1.82, 2.24) is 0 Å². The molecule has 0 aliphatic heterocycles. The summed E-state index contributed by atoms with van der Waals surface area (Å²) in [6.07, 6.45) is 0. The van der Waals surface area contributed by atoms with Crippen molar-refractivity contribution in [2.24, 2.45) is 0 Å². The normalized spacial score (nSPS) is 12.5. The van der Waals surface area contributed by atoms with Crippen LogP contribution in [0, 0.1) is 0 Å². The van der Waals surface area contributed by atoms with Gasteiger partial charge in [-0.25, -0.2) is 0 Å². The summed E-state index contributed by atoms with van der Waals surface area (Å²) in [6.45, 7) is 7.06. The van der Waals surface area contributed by atoms with Crippen LogP contribution in [0.2, 0.25) is 0 Å². The molecule has 0 spiro atoms. The summed E-state index contributed by atoms with van der Waals surface area (Å²) in [7, 11) is 3.45. The van der Waals surface area contributed by atoms with Crippen molar-refractivity contribution in [2.45, 2.75) is 25.9 Å². The summed E-state index contributed by atoms with van der Waals surface area (Å²) < 4.78 is 0. The average Bonchev–Trinajstić information content (AvgIpc) is 2.67. The van der Waals surface area contributed by atoms with Gasteiger partial charge in [-0.3, -0.25) is 0 Å². The summed E-state index contributed by atoms with van der Waals surface area (Å²) >= 11 is 0. The first-order chi connectivity index (χ1) is 13.0. The third-order valence-electron chi connectivity index (χ3n) is 4.70. The third kappa shape index (κ3) is 4.01. The molecule has 0 heterocycles. The zero-order valence-corrected chi connectivity index (χ0v) is 17.8. The molecule has 3 aromatic rings. The maximum absolute atomic E-state index is 3.43. The van der Waals surface area contributed by atoms with Crippen molar-refractivity contribution < 1.29 is 0 Å². The number of anilines is 2. The van der Waals surface area contributed by atoms with Gasteiger partial charge in [0.05, 0.1) is 0 Å². The minimum atomic E-state index is -0.543. The molecule has 0 radical (unpaired) electrons. The van der Waals surface area contributed by atoms with Crippen molar-refractivity contribution in [2.75, 3.05) is 24.7 Å². The first-order valence-corrected chi connectivity index (χ1v) is 10.7. The van der Waals surface area contributed by atoms with E-state index < -0.39 is 7.92 Å². The molecule has 3 rings (SSSR count). The fourth-order valence-electron chi connectivity index (χ4n) is 3.60. The minimum Gasteiger partial charge on any atom is -0.388 e. The highest BCUT2D eigenvalue weighted by atomic mass is 31.1. The smallest absolute Gasteiger partial charge is 0.0424 e. The number of hydrogen-bond acceptors (Lipinski definition) is 2. The van der Waals surface area contributed by atoms with E-state index in [0.717, 1.165) is 5.69 Å². The predicted octanol–water partition coefficient (Wildman–Crippen LogP) is 5.67. The minimum absolute atomic E-state index is 0.145. The van der Waals surface area contributed by atoms with Crippen molar-refractivity contribution in [3.05, 3.63) is 72.8 Å². The van der Waals surface area contributed by atoms with E-state index in [1.165, 1.54) is 27.4 Å². The van der Waals surface area contributed by atoms with E-state index >= 15 is 0 Å². The van der Waals surface area contributed by atoms with Gasteiger partial charge in [-0.1, -0.05) is 81.4 Å². The first kappa shape index (κ1) is 19.5. The van der Waals surface area contributed by atoms with E-state index in [1.54, 1.807) is 0 Å². The van der Waals surface area contributed by atoms with Crippen LogP contribution < -0.4 is 21.2 Å². The van der Waals surface area contributed by atoms with Crippen LogP contribution in [-0.2, 0) is 0 Å². The second kappa shape index (κ2) is 8.15. The maximum Gasteiger partial charge on any atom is 0.0424 e. The molecule has 140 valence electrons. The molecular formula is C24H29N2P. The molecular weight excluding hydrogens is 347 g/mol. The first-order valence-electron chi connectivity index (χ1n) is 9.40. The van der Waals surface area contributed by atoms with E-state index in [-0.39, 0.29) is 5.16 Å². The molecule has 0 saturated carbocycles. The number of para-hydroxylation sites is 1. The second-order valence-electron chi connectivity index (χ2n) is 7.59. The number of rotatable bonds is 5. The van der Waals surface area contributed by atoms with Crippen LogP contribution >= 0.6 is 7.92 Å². The Hall–Kier alpha value is -2.31. The monoisotopic (exact) mass is 376 g/mol. The Morgan fingerprint density at radius 1 is 0.667 bits per heavy atom. The molecule has 3 heteroatoms. The lowest BCUT2D eigenvalue weighted by atomic mass is 10.0. The van der Waals surface area contributed by atoms with Gasteiger partial charge in [0.1, 0.15) is 0 Å². The molecule has 0 aliphatic rings. The highest BCUT2D eigenvalue weighted by Crippen LogP contribution is 2.51. The Morgan fingerprint density at radius 3 is 1.89 bits per heavy atom. The predicted molar refractivity (Wildman–Crippen MR) is 123 cm³/mol. The van der Waals surface area contributed by atoms with Gasteiger partial charge in [0, 0.05) is 36.6 Å². The third-order valence-corrected chi connectivity index (χ3v) is 7.71. The molecule has 0 fully saturated rings. The molecule has 0 bridgehead atoms. The SMILES string of the molecule is CNc1ccccc1-c1c(NC)cccc1P(c1ccccc1)C(C)(C)C. The van der Waals surface area contributed by atoms with E-state index in [1.807, 2.05) is 14.1 Å². The van der Waals surface area contributed by atoms with Crippen LogP contribution in [0.15, 0.2) is 72.8 Å². The van der Waals surface area contributed by atoms with E-state index in [2.05, 4.69) is 104 Å². The fraction of sp³-hybridized carbons (Fsp3) is 0.250. The lowest BCUT2D eigenvalue weighted by Gasteiger charge is -2.34. The number of hydrogen-bond donors (Lipinski definition) is 2. The summed E-state index contributed by atoms with van der Waals surface area (Å²) in [5, 5.41) is 9.77. The van der Waals surface area contributed by atoms with Crippen molar-refractivity contribution in [3.8, 4) is 11.1 Å². The lowest BCUT2D eigenvalue weighted by molar-refractivity contribution is 0.793. The highest BCUT2D eigenvalue weighted by molar-refractivity contribution is 7.74. The summed E-state index contributed by atoms with van der Waals surface area (Å²) in [4.78, 5) is 0. The zero-order valence-electron chi connectivity index (χ0n) is 16.9. The van der Waals surface area contributed by atoms with Crippen LogP contribution in [0.3, 0.4) is 0 Å². The standard InChI is InChI=1S/C24H29N2P/c1-24(2,3)27(18-12-7-6-8-13-18)22-17-11-16-21(26-5)23(22)19-14-9-10-15-20(19)25-4/h6-17,25-26H,1-5H3. The molecule has 2 N–H and O–H groups in total. The van der Waals surface area contributed by atoms with Gasteiger partial charge in [0.15, 0.2) is 0 Å². The molecule has 3 aromatic carbocycles. The highest BCUT2D eigenvalue weighted by Gasteiger charge is 2.30. The van der Waals surface area contributed by atoms with Gasteiger partial charge in [0.2, 0.25) is 0 Å². The fourth-order valence-corrected chi connectivity index (χ4v) is 6.55. The summed E-state index contributed by atoms with van der Waals surface area (Å²) in [5.74, 6) is 0. The van der Waals surface area contributed by atoms with Crippen LogP contribution in [0.5, 0.6) is 0 Å². The maximum atomic E-state index is 3.43. The van der Waals surface area contributed by atoms with Gasteiger partial charge in [-0.05, 0) is 35.8 Å². The van der Waals surface area contributed by atoms with Gasteiger partial charge < -0.3 is 10.6 Å². The van der Waals surface area contributed by atoms with E-state index in [9.17, 15) is 0 Å². The van der Waals surface area contributed by atoms with Gasteiger partial charge in [-0.2, -0.15) is 0 Å². The average molecular weight is 376 g/mol. The zero-order chi connectivity index (χ0) is 19.4. The summed E-state index contributed by atoms with van der Waals surface area (Å²) in [5.41, 5.74) is 4.86. The van der Waals surface area contributed by atoms with Crippen LogP contribution in [0.4, 0.5) is 11.4 Å². The quantitative estimate of drug-likeness (QED) is 0.561. The van der Waals surface area contributed by atoms with Gasteiger partial charge in [0.25, 0.3) is 0 Å². The van der Waals surface area contributed by atoms with Crippen molar-refractivity contribution in [3.63, 3.8) is 0 Å². The molecule has 0 aromatic heterocycles. The van der Waals surface area contributed by atoms with Crippen LogP contribution in [-0.4, -0.2) is 19.3 Å². The van der Waals surface area contributed by atoms with E-state index in [4.69, 9.17) is 0 Å². The number of nitrogens with one attached hydrogen (secondary N) is 2. The van der Waals surface area contributed by atoms with E-state index in [0.29, 0.717) is 0 Å². The number of benzene rings is 3. The molecule has 27 heavy (non-hydrogen) atoms. The van der Waals surface area contributed by atoms with Crippen LogP contribution in [0.1, 0.15) is 20.8 Å². The lowest BCUT2D eigenvalue weighted by Crippen LogP contribution is -2.28. The molecule has 0 amide bonds. The molecule has 0 aliphatic carbocycles. The largest absolute Gasteiger partial charge is 0.388 e. The molecule has 1 unspecified atom stereocenters. The van der Waals surface area contributed by atoms with Gasteiger partial charge in [-0.15, -0.1) is 0 Å². The van der Waals surface area contributed by atoms with Gasteiger partial charge >= 0.3 is 0 Å². The Kier molecular flexibility index (Phi) is 5.87. The Bertz CT molecular complexity index is 898. The molecule has 0 saturated heterocycles. The van der Waals surface area contributed by atoms with Crippen molar-refractivity contribution in [1.29, 1.82) is 0 Å². The Balaban J connectivity index is 2.32. The topological polar surface area (TPSA) is 24.1 Å². The Morgan fingerprint density at radius 2 is 1.26 bits per heavy atom.